The van der Waals surface area contributed by atoms with Gasteiger partial charge in [0.1, 0.15) is 12.4 Å². The van der Waals surface area contributed by atoms with Crippen molar-refractivity contribution in [1.82, 2.24) is 14.9 Å². The molecule has 0 fully saturated rings. The molecule has 0 saturated carbocycles. The van der Waals surface area contributed by atoms with Crippen molar-refractivity contribution in [3.05, 3.63) is 74.7 Å². The lowest BCUT2D eigenvalue weighted by atomic mass is 10.2. The van der Waals surface area contributed by atoms with E-state index in [1.54, 1.807) is 18.3 Å². The average Bonchev–Trinajstić information content (AvgIpc) is 2.95. The Morgan fingerprint density at radius 1 is 1.17 bits per heavy atom. The first-order valence-electron chi connectivity index (χ1n) is 6.97. The average molecular weight is 379 g/mol. The molecule has 1 aromatic heterocycles. The molecule has 5 nitrogen and oxygen atoms in total. The van der Waals surface area contributed by atoms with Gasteiger partial charge >= 0.3 is 0 Å². The van der Waals surface area contributed by atoms with Gasteiger partial charge in [-0.05, 0) is 42.0 Å². The van der Waals surface area contributed by atoms with E-state index in [1.165, 1.54) is 4.68 Å². The molecule has 3 aromatic rings. The summed E-state index contributed by atoms with van der Waals surface area (Å²) in [5.74, 6) is 1.30. The molecule has 0 aliphatic rings. The summed E-state index contributed by atoms with van der Waals surface area (Å²) in [7, 11) is 0. The molecule has 0 aliphatic carbocycles. The second-order valence-electron chi connectivity index (χ2n) is 4.78. The molecule has 2 aromatic carbocycles. The van der Waals surface area contributed by atoms with Crippen molar-refractivity contribution in [2.24, 2.45) is 5.10 Å². The van der Waals surface area contributed by atoms with Gasteiger partial charge in [0, 0.05) is 0 Å². The van der Waals surface area contributed by atoms with Gasteiger partial charge in [-0.15, -0.1) is 0 Å². The molecule has 0 bridgehead atoms. The molecule has 0 spiro atoms. The number of ether oxygens (including phenoxy) is 1. The Kier molecular flexibility index (Phi) is 5.30. The lowest BCUT2D eigenvalue weighted by Crippen LogP contribution is -2.04. The summed E-state index contributed by atoms with van der Waals surface area (Å²) in [4.78, 5) is 0. The first-order chi connectivity index (χ1) is 11.6. The van der Waals surface area contributed by atoms with Crippen molar-refractivity contribution < 1.29 is 4.74 Å². The summed E-state index contributed by atoms with van der Waals surface area (Å²) < 4.78 is 7.54. The SMILES string of the molecule is S=c1[nH]nc(COc2ccccc2)n1N=Cc1ccc(Cl)c(Cl)c1. The van der Waals surface area contributed by atoms with Crippen molar-refractivity contribution in [3.63, 3.8) is 0 Å². The third kappa shape index (κ3) is 4.03. The highest BCUT2D eigenvalue weighted by Crippen LogP contribution is 2.21. The van der Waals surface area contributed by atoms with Gasteiger partial charge in [0.2, 0.25) is 4.77 Å². The van der Waals surface area contributed by atoms with Crippen LogP contribution in [0.2, 0.25) is 10.0 Å². The van der Waals surface area contributed by atoms with Crippen molar-refractivity contribution in [3.8, 4) is 5.75 Å². The van der Waals surface area contributed by atoms with Crippen molar-refractivity contribution >= 4 is 41.6 Å². The summed E-state index contributed by atoms with van der Waals surface area (Å²) in [5.41, 5.74) is 0.794. The van der Waals surface area contributed by atoms with Gasteiger partial charge in [-0.25, -0.2) is 5.10 Å². The minimum Gasteiger partial charge on any atom is -0.486 e. The predicted molar refractivity (Wildman–Crippen MR) is 97.6 cm³/mol. The van der Waals surface area contributed by atoms with E-state index in [4.69, 9.17) is 40.2 Å². The molecule has 0 radical (unpaired) electrons. The van der Waals surface area contributed by atoms with Crippen molar-refractivity contribution in [2.45, 2.75) is 6.61 Å². The fraction of sp³-hybridized carbons (Fsp3) is 0.0625. The zero-order valence-corrected chi connectivity index (χ0v) is 14.6. The van der Waals surface area contributed by atoms with E-state index in [0.29, 0.717) is 20.6 Å². The third-order valence-corrected chi connectivity index (χ3v) is 4.10. The molecule has 3 rings (SSSR count). The molecular formula is C16H12Cl2N4OS. The third-order valence-electron chi connectivity index (χ3n) is 3.09. The summed E-state index contributed by atoms with van der Waals surface area (Å²) >= 11 is 17.1. The highest BCUT2D eigenvalue weighted by Gasteiger charge is 2.06. The number of para-hydroxylation sites is 1. The Balaban J connectivity index is 1.78. The number of aromatic nitrogens is 3. The number of aromatic amines is 1. The lowest BCUT2D eigenvalue weighted by Gasteiger charge is -2.05. The molecule has 122 valence electrons. The van der Waals surface area contributed by atoms with Gasteiger partial charge in [0.15, 0.2) is 5.82 Å². The number of rotatable bonds is 5. The molecular weight excluding hydrogens is 367 g/mol. The van der Waals surface area contributed by atoms with Gasteiger partial charge in [0.25, 0.3) is 0 Å². The molecule has 1 heterocycles. The van der Waals surface area contributed by atoms with Gasteiger partial charge in [-0.2, -0.15) is 14.9 Å². The highest BCUT2D eigenvalue weighted by molar-refractivity contribution is 7.71. The minimum absolute atomic E-state index is 0.232. The Hall–Kier alpha value is -2.15. The van der Waals surface area contributed by atoms with Crippen LogP contribution >= 0.6 is 35.4 Å². The summed E-state index contributed by atoms with van der Waals surface area (Å²) in [6.45, 7) is 0.232. The molecule has 0 saturated heterocycles. The van der Waals surface area contributed by atoms with Gasteiger partial charge in [0.05, 0.1) is 16.3 Å². The van der Waals surface area contributed by atoms with E-state index in [1.807, 2.05) is 36.4 Å². The zero-order chi connectivity index (χ0) is 16.9. The maximum absolute atomic E-state index is 6.00. The Bertz CT molecular complexity index is 921. The Morgan fingerprint density at radius 3 is 2.71 bits per heavy atom. The number of hydrogen-bond acceptors (Lipinski definition) is 4. The minimum atomic E-state index is 0.232. The smallest absolute Gasteiger partial charge is 0.216 e. The monoisotopic (exact) mass is 378 g/mol. The molecule has 8 heteroatoms. The molecule has 0 unspecified atom stereocenters. The van der Waals surface area contributed by atoms with Crippen LogP contribution in [0.15, 0.2) is 53.6 Å². The van der Waals surface area contributed by atoms with E-state index in [2.05, 4.69) is 15.3 Å². The molecule has 0 amide bonds. The fourth-order valence-electron chi connectivity index (χ4n) is 1.92. The second kappa shape index (κ2) is 7.61. The maximum Gasteiger partial charge on any atom is 0.216 e. The highest BCUT2D eigenvalue weighted by atomic mass is 35.5. The zero-order valence-electron chi connectivity index (χ0n) is 12.3. The van der Waals surface area contributed by atoms with E-state index in [-0.39, 0.29) is 6.61 Å². The topological polar surface area (TPSA) is 55.2 Å². The maximum atomic E-state index is 6.00. The van der Waals surface area contributed by atoms with Crippen LogP contribution in [0.5, 0.6) is 5.75 Å². The van der Waals surface area contributed by atoms with E-state index in [9.17, 15) is 0 Å². The number of H-pyrrole nitrogens is 1. The van der Waals surface area contributed by atoms with Crippen LogP contribution in [0.3, 0.4) is 0 Å². The van der Waals surface area contributed by atoms with E-state index >= 15 is 0 Å². The molecule has 1 N–H and O–H groups in total. The van der Waals surface area contributed by atoms with Crippen LogP contribution in [-0.4, -0.2) is 21.1 Å². The van der Waals surface area contributed by atoms with Gasteiger partial charge in [-0.3, -0.25) is 0 Å². The van der Waals surface area contributed by atoms with E-state index in [0.717, 1.165) is 11.3 Å². The first-order valence-corrected chi connectivity index (χ1v) is 8.13. The summed E-state index contributed by atoms with van der Waals surface area (Å²) in [6, 6.07) is 14.7. The number of hydrogen-bond donors (Lipinski definition) is 1. The van der Waals surface area contributed by atoms with E-state index < -0.39 is 0 Å². The van der Waals surface area contributed by atoms with Crippen LogP contribution in [0.1, 0.15) is 11.4 Å². The summed E-state index contributed by atoms with van der Waals surface area (Å²) in [5, 5.41) is 12.1. The van der Waals surface area contributed by atoms with Crippen molar-refractivity contribution in [2.75, 3.05) is 0 Å². The standard InChI is InChI=1S/C16H12Cl2N4OS/c17-13-7-6-11(8-14(13)18)9-19-22-15(20-21-16(22)24)10-23-12-4-2-1-3-5-12/h1-9H,10H2,(H,21,24). The predicted octanol–water partition coefficient (Wildman–Crippen LogP) is 4.71. The quantitative estimate of drug-likeness (QED) is 0.516. The number of nitrogens with zero attached hydrogens (tertiary/aromatic N) is 3. The van der Waals surface area contributed by atoms with Crippen LogP contribution < -0.4 is 4.74 Å². The van der Waals surface area contributed by atoms with Crippen molar-refractivity contribution in [1.29, 1.82) is 0 Å². The normalized spacial score (nSPS) is 11.1. The largest absolute Gasteiger partial charge is 0.486 e. The van der Waals surface area contributed by atoms with Gasteiger partial charge < -0.3 is 4.74 Å². The molecule has 24 heavy (non-hydrogen) atoms. The number of halogens is 2. The lowest BCUT2D eigenvalue weighted by molar-refractivity contribution is 0.290. The van der Waals surface area contributed by atoms with Crippen LogP contribution in [0, 0.1) is 4.77 Å². The first kappa shape index (κ1) is 16.7. The Morgan fingerprint density at radius 2 is 1.96 bits per heavy atom. The van der Waals surface area contributed by atoms with Crippen LogP contribution in [-0.2, 0) is 6.61 Å². The number of benzene rings is 2. The van der Waals surface area contributed by atoms with Gasteiger partial charge in [-0.1, -0.05) is 47.5 Å². The summed E-state index contributed by atoms with van der Waals surface area (Å²) in [6.07, 6.45) is 1.62. The van der Waals surface area contributed by atoms with Crippen LogP contribution in [0.25, 0.3) is 0 Å². The molecule has 0 aliphatic heterocycles. The second-order valence-corrected chi connectivity index (χ2v) is 5.98. The number of nitrogens with one attached hydrogen (secondary N) is 1. The Labute approximate surface area is 153 Å². The molecule has 0 atom stereocenters. The fourth-order valence-corrected chi connectivity index (χ4v) is 2.42. The van der Waals surface area contributed by atoms with Crippen LogP contribution in [0.4, 0.5) is 0 Å².